The molecule has 1 aromatic carbocycles. The van der Waals surface area contributed by atoms with Crippen LogP contribution in [0.5, 0.6) is 5.75 Å². The zero-order valence-corrected chi connectivity index (χ0v) is 17.4. The van der Waals surface area contributed by atoms with Crippen LogP contribution >= 0.6 is 24.2 Å². The molecule has 0 aliphatic carbocycles. The number of para-hydroxylation sites is 1. The van der Waals surface area contributed by atoms with E-state index >= 15 is 0 Å². The van der Waals surface area contributed by atoms with Crippen LogP contribution in [0.3, 0.4) is 0 Å². The Bertz CT molecular complexity index is 541. The van der Waals surface area contributed by atoms with E-state index < -0.39 is 6.04 Å². The largest absolute Gasteiger partial charge is 0.496 e. The third kappa shape index (κ3) is 6.65. The van der Waals surface area contributed by atoms with Gasteiger partial charge in [0.1, 0.15) is 5.75 Å². The molecule has 148 valence electrons. The first kappa shape index (κ1) is 23.1. The van der Waals surface area contributed by atoms with E-state index in [2.05, 4.69) is 16.3 Å². The number of nitrogens with one attached hydrogen (secondary N) is 1. The van der Waals surface area contributed by atoms with Gasteiger partial charge in [0.15, 0.2) is 0 Å². The quantitative estimate of drug-likeness (QED) is 0.666. The highest BCUT2D eigenvalue weighted by molar-refractivity contribution is 7.98. The second-order valence-corrected chi connectivity index (χ2v) is 7.47. The van der Waals surface area contributed by atoms with Crippen molar-refractivity contribution >= 4 is 30.1 Å². The second kappa shape index (κ2) is 12.4. The van der Waals surface area contributed by atoms with Crippen LogP contribution in [0.25, 0.3) is 0 Å². The lowest BCUT2D eigenvalue weighted by Gasteiger charge is -2.35. The van der Waals surface area contributed by atoms with Crippen molar-refractivity contribution in [2.24, 2.45) is 5.73 Å². The van der Waals surface area contributed by atoms with E-state index in [9.17, 15) is 4.79 Å². The average Bonchev–Trinajstić information content (AvgIpc) is 2.67. The summed E-state index contributed by atoms with van der Waals surface area (Å²) in [4.78, 5) is 14.8. The number of likely N-dealkylation sites (tertiary alicyclic amines) is 1. The Morgan fingerprint density at radius 2 is 2.00 bits per heavy atom. The van der Waals surface area contributed by atoms with Gasteiger partial charge < -0.3 is 15.8 Å². The van der Waals surface area contributed by atoms with Crippen molar-refractivity contribution in [2.45, 2.75) is 37.8 Å². The molecule has 0 aromatic heterocycles. The zero-order chi connectivity index (χ0) is 18.1. The van der Waals surface area contributed by atoms with E-state index in [4.69, 9.17) is 10.5 Å². The Labute approximate surface area is 167 Å². The van der Waals surface area contributed by atoms with Gasteiger partial charge in [-0.2, -0.15) is 11.8 Å². The van der Waals surface area contributed by atoms with Crippen molar-refractivity contribution in [1.82, 2.24) is 10.2 Å². The summed E-state index contributed by atoms with van der Waals surface area (Å²) in [6, 6.07) is 7.77. The Morgan fingerprint density at radius 3 is 2.65 bits per heavy atom. The first-order valence-corrected chi connectivity index (χ1v) is 10.5. The van der Waals surface area contributed by atoms with Crippen molar-refractivity contribution < 1.29 is 9.53 Å². The number of carbonyl (C=O) groups is 1. The summed E-state index contributed by atoms with van der Waals surface area (Å²) < 4.78 is 5.56. The van der Waals surface area contributed by atoms with Crippen molar-refractivity contribution in [1.29, 1.82) is 0 Å². The maximum absolute atomic E-state index is 12.3. The van der Waals surface area contributed by atoms with Gasteiger partial charge in [0.2, 0.25) is 5.91 Å². The summed E-state index contributed by atoms with van der Waals surface area (Å²) in [6.45, 7) is 2.67. The number of nitrogens with two attached hydrogens (primary N) is 1. The molecule has 2 unspecified atom stereocenters. The lowest BCUT2D eigenvalue weighted by Crippen LogP contribution is -2.46. The predicted molar refractivity (Wildman–Crippen MR) is 112 cm³/mol. The minimum Gasteiger partial charge on any atom is -0.496 e. The Hall–Kier alpha value is -0.950. The van der Waals surface area contributed by atoms with E-state index in [1.807, 2.05) is 24.5 Å². The molecule has 1 aliphatic heterocycles. The summed E-state index contributed by atoms with van der Waals surface area (Å²) in [5.41, 5.74) is 7.13. The molecule has 1 fully saturated rings. The molecule has 1 saturated heterocycles. The van der Waals surface area contributed by atoms with Gasteiger partial charge in [-0.1, -0.05) is 24.6 Å². The van der Waals surface area contributed by atoms with Crippen LogP contribution in [0.15, 0.2) is 24.3 Å². The lowest BCUT2D eigenvalue weighted by atomic mass is 10.0. The molecular weight excluding hydrogens is 370 g/mol. The number of piperidine rings is 1. The van der Waals surface area contributed by atoms with Crippen molar-refractivity contribution in [2.75, 3.05) is 38.8 Å². The van der Waals surface area contributed by atoms with Crippen LogP contribution in [0.2, 0.25) is 0 Å². The van der Waals surface area contributed by atoms with Gasteiger partial charge in [-0.25, -0.2) is 0 Å². The van der Waals surface area contributed by atoms with E-state index in [1.165, 1.54) is 19.3 Å². The van der Waals surface area contributed by atoms with E-state index in [0.29, 0.717) is 13.0 Å². The number of rotatable bonds is 9. The Kier molecular flexibility index (Phi) is 11.0. The van der Waals surface area contributed by atoms with Gasteiger partial charge in [0, 0.05) is 12.1 Å². The van der Waals surface area contributed by atoms with Crippen LogP contribution in [-0.2, 0) is 4.79 Å². The third-order valence-corrected chi connectivity index (χ3v) is 5.41. The molecule has 7 heteroatoms. The number of halogens is 1. The van der Waals surface area contributed by atoms with E-state index in [1.54, 1.807) is 18.9 Å². The molecule has 3 N–H and O–H groups in total. The molecule has 0 bridgehead atoms. The number of methoxy groups -OCH3 is 1. The molecule has 1 amide bonds. The fraction of sp³-hybridized carbons (Fsp3) is 0.632. The summed E-state index contributed by atoms with van der Waals surface area (Å²) in [7, 11) is 1.70. The molecule has 1 heterocycles. The second-order valence-electron chi connectivity index (χ2n) is 6.49. The molecule has 1 aromatic rings. The van der Waals surface area contributed by atoms with Gasteiger partial charge in [-0.15, -0.1) is 12.4 Å². The van der Waals surface area contributed by atoms with Crippen molar-refractivity contribution in [3.05, 3.63) is 29.8 Å². The number of benzene rings is 1. The molecule has 5 nitrogen and oxygen atoms in total. The Balaban J connectivity index is 0.00000338. The number of nitrogens with zero attached hydrogens (tertiary/aromatic N) is 1. The van der Waals surface area contributed by atoms with Gasteiger partial charge in [0.05, 0.1) is 19.2 Å². The predicted octanol–water partition coefficient (Wildman–Crippen LogP) is 2.84. The highest BCUT2D eigenvalue weighted by Gasteiger charge is 2.26. The minimum absolute atomic E-state index is 0. The topological polar surface area (TPSA) is 67.6 Å². The fourth-order valence-electron chi connectivity index (χ4n) is 3.31. The Morgan fingerprint density at radius 1 is 1.31 bits per heavy atom. The average molecular weight is 402 g/mol. The van der Waals surface area contributed by atoms with E-state index in [0.717, 1.165) is 30.2 Å². The van der Waals surface area contributed by atoms with Crippen LogP contribution < -0.4 is 15.8 Å². The molecular formula is C19H32ClN3O2S. The molecule has 2 rings (SSSR count). The van der Waals surface area contributed by atoms with Crippen LogP contribution in [-0.4, -0.2) is 55.6 Å². The first-order valence-electron chi connectivity index (χ1n) is 9.06. The molecule has 2 atom stereocenters. The summed E-state index contributed by atoms with van der Waals surface area (Å²) >= 11 is 1.71. The first-order chi connectivity index (χ1) is 12.2. The maximum atomic E-state index is 12.3. The minimum atomic E-state index is -0.438. The molecule has 0 spiro atoms. The number of thioether (sulfide) groups is 1. The summed E-state index contributed by atoms with van der Waals surface area (Å²) in [5.74, 6) is 1.71. The maximum Gasteiger partial charge on any atom is 0.237 e. The molecule has 26 heavy (non-hydrogen) atoms. The van der Waals surface area contributed by atoms with Crippen LogP contribution in [0.1, 0.15) is 37.3 Å². The van der Waals surface area contributed by atoms with Crippen molar-refractivity contribution in [3.63, 3.8) is 0 Å². The summed E-state index contributed by atoms with van der Waals surface area (Å²) in [6.07, 6.45) is 6.41. The normalized spacial score (nSPS) is 17.0. The van der Waals surface area contributed by atoms with Gasteiger partial charge in [-0.05, 0) is 50.4 Å². The molecule has 0 saturated carbocycles. The fourth-order valence-corrected chi connectivity index (χ4v) is 3.80. The van der Waals surface area contributed by atoms with E-state index in [-0.39, 0.29) is 24.4 Å². The van der Waals surface area contributed by atoms with Crippen LogP contribution in [0, 0.1) is 0 Å². The molecule has 1 aliphatic rings. The van der Waals surface area contributed by atoms with Gasteiger partial charge >= 0.3 is 0 Å². The smallest absolute Gasteiger partial charge is 0.237 e. The molecule has 0 radical (unpaired) electrons. The summed E-state index contributed by atoms with van der Waals surface area (Å²) in [5, 5.41) is 3.07. The number of carbonyl (C=O) groups excluding carboxylic acids is 1. The lowest BCUT2D eigenvalue weighted by molar-refractivity contribution is -0.122. The third-order valence-electron chi connectivity index (χ3n) is 4.77. The SMILES string of the molecule is COc1ccccc1C(CNC(=O)C(N)CCSC)N1CCCCC1.Cl. The number of hydrogen-bond acceptors (Lipinski definition) is 5. The standard InChI is InChI=1S/C19H31N3O2S.ClH/c1-24-18-9-5-4-8-15(18)17(22-11-6-3-7-12-22)14-21-19(23)16(20)10-13-25-2;/h4-5,8-9,16-17H,3,6-7,10-14,20H2,1-2H3,(H,21,23);1H. The monoisotopic (exact) mass is 401 g/mol. The highest BCUT2D eigenvalue weighted by Crippen LogP contribution is 2.30. The zero-order valence-electron chi connectivity index (χ0n) is 15.8. The number of hydrogen-bond donors (Lipinski definition) is 2. The number of amides is 1. The number of ether oxygens (including phenoxy) is 1. The van der Waals surface area contributed by atoms with Gasteiger partial charge in [-0.3, -0.25) is 9.69 Å². The highest BCUT2D eigenvalue weighted by atomic mass is 35.5. The van der Waals surface area contributed by atoms with Crippen molar-refractivity contribution in [3.8, 4) is 5.75 Å². The van der Waals surface area contributed by atoms with Crippen LogP contribution in [0.4, 0.5) is 0 Å². The van der Waals surface area contributed by atoms with Gasteiger partial charge in [0.25, 0.3) is 0 Å².